The molecule has 0 saturated carbocycles. The second-order valence-electron chi connectivity index (χ2n) is 9.64. The van der Waals surface area contributed by atoms with Crippen molar-refractivity contribution in [2.24, 2.45) is 5.73 Å². The maximum absolute atomic E-state index is 12.9. The van der Waals surface area contributed by atoms with Crippen LogP contribution in [-0.2, 0) is 14.3 Å². The minimum atomic E-state index is -0.653. The third-order valence-corrected chi connectivity index (χ3v) is 7.57. The van der Waals surface area contributed by atoms with Crippen molar-refractivity contribution in [1.29, 1.82) is 0 Å². The van der Waals surface area contributed by atoms with Crippen molar-refractivity contribution in [3.63, 3.8) is 0 Å². The summed E-state index contributed by atoms with van der Waals surface area (Å²) < 4.78 is 10.6. The van der Waals surface area contributed by atoms with Gasteiger partial charge in [0.1, 0.15) is 11.3 Å². The van der Waals surface area contributed by atoms with Crippen molar-refractivity contribution >= 4 is 17.9 Å². The van der Waals surface area contributed by atoms with Crippen LogP contribution in [0.5, 0.6) is 5.75 Å². The van der Waals surface area contributed by atoms with Gasteiger partial charge in [0.15, 0.2) is 0 Å². The van der Waals surface area contributed by atoms with Crippen LogP contribution < -0.4 is 21.1 Å². The maximum Gasteiger partial charge on any atom is 0.338 e. The van der Waals surface area contributed by atoms with Gasteiger partial charge in [0, 0.05) is 25.3 Å². The molecule has 1 aromatic carbocycles. The van der Waals surface area contributed by atoms with E-state index in [1.807, 2.05) is 31.2 Å². The highest BCUT2D eigenvalue weighted by atomic mass is 16.5. The summed E-state index contributed by atoms with van der Waals surface area (Å²) in [6.45, 7) is 5.87. The number of rotatable bonds is 8. The van der Waals surface area contributed by atoms with E-state index in [0.717, 1.165) is 31.5 Å². The molecular weight excluding hydrogens is 462 g/mol. The fourth-order valence-corrected chi connectivity index (χ4v) is 5.61. The number of nitrogens with zero attached hydrogens (tertiary/aromatic N) is 2. The summed E-state index contributed by atoms with van der Waals surface area (Å²) in [4.78, 5) is 42.5. The Hall–Kier alpha value is -3.11. The largest absolute Gasteiger partial charge is 0.494 e. The Morgan fingerprint density at radius 2 is 1.75 bits per heavy atom. The molecule has 1 aromatic rings. The monoisotopic (exact) mass is 499 g/mol. The fraction of sp³-hybridized carbons (Fsp3) is 0.577. The highest BCUT2D eigenvalue weighted by Crippen LogP contribution is 2.33. The Balaban J connectivity index is 1.55. The molecule has 10 nitrogen and oxygen atoms in total. The molecule has 0 spiro atoms. The molecule has 1 atom stereocenters. The van der Waals surface area contributed by atoms with E-state index in [0.29, 0.717) is 56.1 Å². The molecule has 2 fully saturated rings. The van der Waals surface area contributed by atoms with Crippen LogP contribution in [0.15, 0.2) is 35.5 Å². The summed E-state index contributed by atoms with van der Waals surface area (Å²) in [6.07, 6.45) is 4.60. The molecule has 3 aliphatic rings. The molecule has 10 heteroatoms. The number of esters is 1. The van der Waals surface area contributed by atoms with E-state index < -0.39 is 17.6 Å². The number of carbonyl (C=O) groups is 3. The van der Waals surface area contributed by atoms with E-state index in [1.54, 1.807) is 0 Å². The molecule has 3 aliphatic heterocycles. The van der Waals surface area contributed by atoms with Crippen molar-refractivity contribution in [2.45, 2.75) is 50.6 Å². The number of likely N-dealkylation sites (tertiary alicyclic amines) is 2. The van der Waals surface area contributed by atoms with Crippen molar-refractivity contribution in [1.82, 2.24) is 20.4 Å². The molecule has 0 bridgehead atoms. The number of amides is 3. The lowest BCUT2D eigenvalue weighted by Crippen LogP contribution is -2.63. The predicted molar refractivity (Wildman–Crippen MR) is 134 cm³/mol. The standard InChI is InChI=1S/C26H37N5O5/c1-3-36-19-9-7-18(8-10-19)22-21(23(32)35-2)20(28-25(34)29-22)17-30-15-11-26(12-16-30,24(27)33)31-13-5-4-6-14-31/h7-10,22H,3-6,11-17H2,1-2H3,(H2,27,33)(H2,28,29,34)/t22-/m1/s1. The fourth-order valence-electron chi connectivity index (χ4n) is 5.61. The normalized spacial score (nSPS) is 22.9. The summed E-state index contributed by atoms with van der Waals surface area (Å²) in [7, 11) is 1.33. The molecule has 4 N–H and O–H groups in total. The summed E-state index contributed by atoms with van der Waals surface area (Å²) in [5.41, 5.74) is 6.93. The molecular formula is C26H37N5O5. The van der Waals surface area contributed by atoms with Crippen molar-refractivity contribution in [3.05, 3.63) is 41.1 Å². The van der Waals surface area contributed by atoms with Gasteiger partial charge in [-0.15, -0.1) is 0 Å². The van der Waals surface area contributed by atoms with Gasteiger partial charge in [0.2, 0.25) is 5.91 Å². The van der Waals surface area contributed by atoms with Gasteiger partial charge in [-0.3, -0.25) is 14.6 Å². The van der Waals surface area contributed by atoms with Gasteiger partial charge >= 0.3 is 12.0 Å². The van der Waals surface area contributed by atoms with Gasteiger partial charge in [-0.1, -0.05) is 18.6 Å². The van der Waals surface area contributed by atoms with Crippen molar-refractivity contribution in [2.75, 3.05) is 46.4 Å². The van der Waals surface area contributed by atoms with E-state index in [2.05, 4.69) is 20.4 Å². The van der Waals surface area contributed by atoms with Crippen LogP contribution in [0.3, 0.4) is 0 Å². The minimum Gasteiger partial charge on any atom is -0.494 e. The molecule has 36 heavy (non-hydrogen) atoms. The lowest BCUT2D eigenvalue weighted by molar-refractivity contribution is -0.136. The molecule has 4 rings (SSSR count). The number of urea groups is 1. The molecule has 0 aromatic heterocycles. The third-order valence-electron chi connectivity index (χ3n) is 7.57. The van der Waals surface area contributed by atoms with E-state index in [1.165, 1.54) is 13.5 Å². The molecule has 196 valence electrons. The second-order valence-corrected chi connectivity index (χ2v) is 9.64. The summed E-state index contributed by atoms with van der Waals surface area (Å²) >= 11 is 0. The Labute approximate surface area is 212 Å². The summed E-state index contributed by atoms with van der Waals surface area (Å²) in [5.74, 6) is -0.0530. The van der Waals surface area contributed by atoms with E-state index in [4.69, 9.17) is 15.2 Å². The molecule has 0 aliphatic carbocycles. The van der Waals surface area contributed by atoms with Gasteiger partial charge in [-0.2, -0.15) is 0 Å². The minimum absolute atomic E-state index is 0.260. The molecule has 0 radical (unpaired) electrons. The zero-order valence-electron chi connectivity index (χ0n) is 21.2. The van der Waals surface area contributed by atoms with Gasteiger partial charge in [-0.25, -0.2) is 9.59 Å². The number of nitrogens with one attached hydrogen (secondary N) is 2. The number of ether oxygens (including phenoxy) is 2. The van der Waals surface area contributed by atoms with Crippen LogP contribution in [0.1, 0.15) is 50.6 Å². The van der Waals surface area contributed by atoms with Crippen molar-refractivity contribution < 1.29 is 23.9 Å². The highest BCUT2D eigenvalue weighted by Gasteiger charge is 2.45. The van der Waals surface area contributed by atoms with Crippen LogP contribution in [-0.4, -0.2) is 79.7 Å². The van der Waals surface area contributed by atoms with E-state index in [9.17, 15) is 14.4 Å². The number of carbonyl (C=O) groups excluding carboxylic acids is 3. The first kappa shape index (κ1) is 26.0. The molecule has 3 heterocycles. The number of nitrogens with two attached hydrogens (primary N) is 1. The lowest BCUT2D eigenvalue weighted by Gasteiger charge is -2.48. The Morgan fingerprint density at radius 3 is 2.33 bits per heavy atom. The predicted octanol–water partition coefficient (Wildman–Crippen LogP) is 1.67. The zero-order chi connectivity index (χ0) is 25.7. The SMILES string of the molecule is CCOc1ccc([C@H]2NC(=O)NC(CN3CCC(C(N)=O)(N4CCCCC4)CC3)=C2C(=O)OC)cc1. The van der Waals surface area contributed by atoms with Gasteiger partial charge in [0.25, 0.3) is 0 Å². The average molecular weight is 500 g/mol. The summed E-state index contributed by atoms with van der Waals surface area (Å²) in [6, 6.07) is 6.27. The quantitative estimate of drug-likeness (QED) is 0.465. The number of benzene rings is 1. The average Bonchev–Trinajstić information content (AvgIpc) is 2.89. The topological polar surface area (TPSA) is 126 Å². The van der Waals surface area contributed by atoms with E-state index >= 15 is 0 Å². The van der Waals surface area contributed by atoms with Crippen LogP contribution in [0.25, 0.3) is 0 Å². The first-order valence-corrected chi connectivity index (χ1v) is 12.8. The number of hydrogen-bond acceptors (Lipinski definition) is 7. The molecule has 3 amide bonds. The smallest absolute Gasteiger partial charge is 0.338 e. The Kier molecular flexibility index (Phi) is 8.15. The number of piperidine rings is 2. The highest BCUT2D eigenvalue weighted by molar-refractivity contribution is 5.95. The van der Waals surface area contributed by atoms with Gasteiger partial charge in [0.05, 0.1) is 25.3 Å². The van der Waals surface area contributed by atoms with Crippen LogP contribution in [0.4, 0.5) is 4.79 Å². The van der Waals surface area contributed by atoms with Gasteiger partial charge < -0.3 is 25.8 Å². The lowest BCUT2D eigenvalue weighted by atomic mass is 9.83. The first-order chi connectivity index (χ1) is 17.4. The number of hydrogen-bond donors (Lipinski definition) is 3. The van der Waals surface area contributed by atoms with Gasteiger partial charge in [-0.05, 0) is 63.4 Å². The molecule has 0 unspecified atom stereocenters. The van der Waals surface area contributed by atoms with Crippen LogP contribution >= 0.6 is 0 Å². The van der Waals surface area contributed by atoms with Crippen LogP contribution in [0.2, 0.25) is 0 Å². The summed E-state index contributed by atoms with van der Waals surface area (Å²) in [5, 5.41) is 5.68. The Bertz CT molecular complexity index is 994. The zero-order valence-corrected chi connectivity index (χ0v) is 21.2. The van der Waals surface area contributed by atoms with E-state index in [-0.39, 0.29) is 11.9 Å². The first-order valence-electron chi connectivity index (χ1n) is 12.8. The number of primary amides is 1. The third kappa shape index (κ3) is 5.34. The molecule has 2 saturated heterocycles. The van der Waals surface area contributed by atoms with Crippen molar-refractivity contribution in [3.8, 4) is 5.75 Å². The number of methoxy groups -OCH3 is 1. The second kappa shape index (κ2) is 11.3. The Morgan fingerprint density at radius 1 is 1.08 bits per heavy atom. The van der Waals surface area contributed by atoms with Crippen LogP contribution in [0, 0.1) is 0 Å². The maximum atomic E-state index is 12.9.